The molecular formula is C15H16N2O2S. The van der Waals surface area contributed by atoms with Gasteiger partial charge in [-0.1, -0.05) is 11.1 Å². The molecule has 3 fully saturated rings. The number of carbonyl (C=O) groups is 2. The van der Waals surface area contributed by atoms with Crippen molar-refractivity contribution >= 4 is 28.3 Å². The molecule has 1 aliphatic heterocycles. The Kier molecular flexibility index (Phi) is 2.46. The van der Waals surface area contributed by atoms with Crippen LogP contribution in [-0.2, 0) is 9.59 Å². The molecule has 2 saturated carbocycles. The number of anilines is 1. The molecule has 1 saturated heterocycles. The summed E-state index contributed by atoms with van der Waals surface area (Å²) in [5.41, 5.74) is 2.69. The molecule has 3 aliphatic rings. The quantitative estimate of drug-likeness (QED) is 0.589. The third-order valence-electron chi connectivity index (χ3n) is 5.04. The Morgan fingerprint density at radius 2 is 1.80 bits per heavy atom. The van der Waals surface area contributed by atoms with Crippen molar-refractivity contribution in [3.8, 4) is 0 Å². The number of allylic oxidation sites excluding steroid dienone is 2. The second kappa shape index (κ2) is 4.01. The van der Waals surface area contributed by atoms with Gasteiger partial charge in [0.05, 0.1) is 11.8 Å². The first-order chi connectivity index (χ1) is 9.61. The first-order valence-electron chi connectivity index (χ1n) is 7.06. The van der Waals surface area contributed by atoms with Crippen LogP contribution in [0.2, 0.25) is 0 Å². The normalized spacial score (nSPS) is 35.1. The zero-order valence-electron chi connectivity index (χ0n) is 11.5. The summed E-state index contributed by atoms with van der Waals surface area (Å²) in [7, 11) is 0. The van der Waals surface area contributed by atoms with Gasteiger partial charge in [-0.3, -0.25) is 9.59 Å². The minimum Gasteiger partial charge on any atom is -0.274 e. The summed E-state index contributed by atoms with van der Waals surface area (Å²) in [6.45, 7) is 4.21. The standard InChI is InChI=1S/C15H16N2O2S/c1-7(2)10-8-3-4-9(10)12-11(8)13(18)17(14(12)19)15-16-5-6-20-15/h5-6,8-9,11-12H,3-4H2,1-2H3/t8-,9-,11+,12+/m0/s1. The summed E-state index contributed by atoms with van der Waals surface area (Å²) >= 11 is 1.36. The largest absolute Gasteiger partial charge is 0.274 e. The summed E-state index contributed by atoms with van der Waals surface area (Å²) in [4.78, 5) is 30.9. The van der Waals surface area contributed by atoms with Gasteiger partial charge in [-0.15, -0.1) is 11.3 Å². The molecule has 4 rings (SSSR count). The van der Waals surface area contributed by atoms with E-state index >= 15 is 0 Å². The minimum absolute atomic E-state index is 0.0269. The molecule has 0 spiro atoms. The van der Waals surface area contributed by atoms with Crippen LogP contribution in [0.25, 0.3) is 0 Å². The van der Waals surface area contributed by atoms with Gasteiger partial charge in [-0.25, -0.2) is 9.88 Å². The van der Waals surface area contributed by atoms with Gasteiger partial charge in [0.15, 0.2) is 5.13 Å². The van der Waals surface area contributed by atoms with E-state index in [0.717, 1.165) is 12.8 Å². The molecule has 0 radical (unpaired) electrons. The Labute approximate surface area is 121 Å². The van der Waals surface area contributed by atoms with Crippen LogP contribution in [0.4, 0.5) is 5.13 Å². The number of hydrogen-bond donors (Lipinski definition) is 0. The summed E-state index contributed by atoms with van der Waals surface area (Å²) in [5, 5.41) is 2.34. The van der Waals surface area contributed by atoms with Gasteiger partial charge >= 0.3 is 0 Å². The smallest absolute Gasteiger partial charge is 0.240 e. The zero-order chi connectivity index (χ0) is 14.0. The van der Waals surface area contributed by atoms with E-state index in [2.05, 4.69) is 18.8 Å². The Balaban J connectivity index is 1.79. The topological polar surface area (TPSA) is 50.3 Å². The van der Waals surface area contributed by atoms with Gasteiger partial charge in [0.25, 0.3) is 0 Å². The van der Waals surface area contributed by atoms with Crippen LogP contribution in [-0.4, -0.2) is 16.8 Å². The van der Waals surface area contributed by atoms with Gasteiger partial charge in [-0.05, 0) is 38.5 Å². The third-order valence-corrected chi connectivity index (χ3v) is 5.80. The van der Waals surface area contributed by atoms with Crippen molar-refractivity contribution in [2.24, 2.45) is 23.7 Å². The summed E-state index contributed by atoms with van der Waals surface area (Å²) in [6, 6.07) is 0. The van der Waals surface area contributed by atoms with Gasteiger partial charge in [-0.2, -0.15) is 0 Å². The first-order valence-corrected chi connectivity index (χ1v) is 7.93. The molecule has 5 heteroatoms. The van der Waals surface area contributed by atoms with Crippen molar-refractivity contribution in [1.29, 1.82) is 0 Å². The second-order valence-corrected chi connectivity index (χ2v) is 7.00. The number of imide groups is 1. The van der Waals surface area contributed by atoms with Gasteiger partial charge in [0.2, 0.25) is 11.8 Å². The fourth-order valence-corrected chi connectivity index (χ4v) is 5.16. The molecule has 1 aromatic heterocycles. The van der Waals surface area contributed by atoms with E-state index < -0.39 is 0 Å². The van der Waals surface area contributed by atoms with Crippen LogP contribution in [0.1, 0.15) is 26.7 Å². The molecule has 4 atom stereocenters. The molecule has 2 amide bonds. The van der Waals surface area contributed by atoms with E-state index in [1.807, 2.05) is 0 Å². The maximum atomic E-state index is 12.7. The summed E-state index contributed by atoms with van der Waals surface area (Å²) in [5.74, 6) is 0.264. The molecule has 4 nitrogen and oxygen atoms in total. The van der Waals surface area contributed by atoms with Gasteiger partial charge in [0, 0.05) is 11.6 Å². The second-order valence-electron chi connectivity index (χ2n) is 6.12. The average molecular weight is 288 g/mol. The van der Waals surface area contributed by atoms with Gasteiger partial charge < -0.3 is 0 Å². The van der Waals surface area contributed by atoms with Crippen LogP contribution in [0.15, 0.2) is 22.7 Å². The molecule has 2 bridgehead atoms. The molecule has 0 aromatic carbocycles. The third kappa shape index (κ3) is 1.34. The molecule has 0 unspecified atom stereocenters. The van der Waals surface area contributed by atoms with E-state index in [-0.39, 0.29) is 35.5 Å². The Hall–Kier alpha value is -1.49. The van der Waals surface area contributed by atoms with Crippen LogP contribution in [0, 0.1) is 23.7 Å². The fraction of sp³-hybridized carbons (Fsp3) is 0.533. The van der Waals surface area contributed by atoms with Crippen molar-refractivity contribution in [3.05, 3.63) is 22.7 Å². The number of carbonyl (C=O) groups excluding carboxylic acids is 2. The molecule has 20 heavy (non-hydrogen) atoms. The lowest BCUT2D eigenvalue weighted by molar-refractivity contribution is -0.123. The van der Waals surface area contributed by atoms with Crippen LogP contribution >= 0.6 is 11.3 Å². The Morgan fingerprint density at radius 3 is 2.25 bits per heavy atom. The number of rotatable bonds is 1. The summed E-state index contributed by atoms with van der Waals surface area (Å²) < 4.78 is 0. The highest BCUT2D eigenvalue weighted by Crippen LogP contribution is 2.60. The predicted molar refractivity (Wildman–Crippen MR) is 76.2 cm³/mol. The number of aromatic nitrogens is 1. The van der Waals surface area contributed by atoms with Crippen LogP contribution in [0.5, 0.6) is 0 Å². The van der Waals surface area contributed by atoms with Crippen molar-refractivity contribution < 1.29 is 9.59 Å². The lowest BCUT2D eigenvalue weighted by Crippen LogP contribution is -2.33. The van der Waals surface area contributed by atoms with E-state index in [1.54, 1.807) is 11.6 Å². The highest BCUT2D eigenvalue weighted by atomic mass is 32.1. The molecule has 1 aromatic rings. The predicted octanol–water partition coefficient (Wildman–Crippen LogP) is 2.62. The summed E-state index contributed by atoms with van der Waals surface area (Å²) in [6.07, 6.45) is 3.75. The SMILES string of the molecule is CC(C)=C1[C@@H]2CC[C@@H]1[C@H]1C(=O)N(c3nccs3)C(=O)[C@@H]12. The van der Waals surface area contributed by atoms with Gasteiger partial charge in [0.1, 0.15) is 0 Å². The van der Waals surface area contributed by atoms with Crippen LogP contribution < -0.4 is 4.90 Å². The Morgan fingerprint density at radius 1 is 1.20 bits per heavy atom. The van der Waals surface area contributed by atoms with E-state index in [4.69, 9.17) is 0 Å². The highest BCUT2D eigenvalue weighted by Gasteiger charge is 2.63. The van der Waals surface area contributed by atoms with E-state index in [9.17, 15) is 9.59 Å². The van der Waals surface area contributed by atoms with Crippen molar-refractivity contribution in [2.75, 3.05) is 4.90 Å². The zero-order valence-corrected chi connectivity index (χ0v) is 12.3. The maximum absolute atomic E-state index is 12.7. The maximum Gasteiger partial charge on any atom is 0.240 e. The van der Waals surface area contributed by atoms with E-state index in [0.29, 0.717) is 5.13 Å². The molecule has 2 aliphatic carbocycles. The van der Waals surface area contributed by atoms with Crippen molar-refractivity contribution in [3.63, 3.8) is 0 Å². The van der Waals surface area contributed by atoms with Crippen molar-refractivity contribution in [2.45, 2.75) is 26.7 Å². The fourth-order valence-electron chi connectivity index (χ4n) is 4.51. The number of amides is 2. The Bertz CT molecular complexity index is 598. The number of fused-ring (bicyclic) bond motifs is 5. The van der Waals surface area contributed by atoms with E-state index in [1.165, 1.54) is 27.4 Å². The highest BCUT2D eigenvalue weighted by molar-refractivity contribution is 7.14. The monoisotopic (exact) mass is 288 g/mol. The molecule has 0 N–H and O–H groups in total. The molecular weight excluding hydrogens is 272 g/mol. The minimum atomic E-state index is -0.130. The number of thiazole rings is 1. The lowest BCUT2D eigenvalue weighted by Gasteiger charge is -2.18. The lowest BCUT2D eigenvalue weighted by atomic mass is 9.81. The average Bonchev–Trinajstić information content (AvgIpc) is 3.13. The first kappa shape index (κ1) is 12.3. The van der Waals surface area contributed by atoms with Crippen LogP contribution in [0.3, 0.4) is 0 Å². The molecule has 2 heterocycles. The molecule has 104 valence electrons. The number of hydrogen-bond acceptors (Lipinski definition) is 4. The van der Waals surface area contributed by atoms with Crippen molar-refractivity contribution in [1.82, 2.24) is 4.98 Å². The number of nitrogens with zero attached hydrogens (tertiary/aromatic N) is 2.